The van der Waals surface area contributed by atoms with Crippen molar-refractivity contribution in [1.29, 1.82) is 5.26 Å². The molecule has 0 N–H and O–H groups in total. The highest BCUT2D eigenvalue weighted by molar-refractivity contribution is 6.33. The van der Waals surface area contributed by atoms with E-state index in [4.69, 9.17) is 30.9 Å². The summed E-state index contributed by atoms with van der Waals surface area (Å²) in [6, 6.07) is 13.9. The summed E-state index contributed by atoms with van der Waals surface area (Å²) in [6.07, 6.45) is 2.96. The second kappa shape index (κ2) is 8.42. The molecule has 7 heteroatoms. The highest BCUT2D eigenvalue weighted by atomic mass is 35.5. The fourth-order valence-electron chi connectivity index (χ4n) is 2.61. The molecule has 0 amide bonds. The van der Waals surface area contributed by atoms with Crippen LogP contribution in [0.2, 0.25) is 5.02 Å². The third-order valence-electron chi connectivity index (χ3n) is 3.94. The van der Waals surface area contributed by atoms with Crippen LogP contribution in [0.5, 0.6) is 11.5 Å². The van der Waals surface area contributed by atoms with Crippen LogP contribution in [0.15, 0.2) is 53.1 Å². The van der Waals surface area contributed by atoms with Gasteiger partial charge in [0.15, 0.2) is 11.5 Å². The Balaban J connectivity index is 1.95. The number of rotatable bonds is 5. The number of esters is 1. The number of allylic oxidation sites excluding steroid dienone is 1. The van der Waals surface area contributed by atoms with Crippen molar-refractivity contribution < 1.29 is 18.8 Å². The van der Waals surface area contributed by atoms with Gasteiger partial charge < -0.3 is 14.0 Å². The second-order valence-corrected chi connectivity index (χ2v) is 6.11. The number of benzene rings is 2. The lowest BCUT2D eigenvalue weighted by Crippen LogP contribution is -2.11. The van der Waals surface area contributed by atoms with E-state index in [1.54, 1.807) is 55.5 Å². The van der Waals surface area contributed by atoms with Crippen molar-refractivity contribution in [2.75, 3.05) is 7.11 Å². The lowest BCUT2D eigenvalue weighted by atomic mass is 10.1. The predicted molar refractivity (Wildman–Crippen MR) is 104 cm³/mol. The first kappa shape index (κ1) is 19.2. The first-order chi connectivity index (χ1) is 13.5. The van der Waals surface area contributed by atoms with Gasteiger partial charge in [0.1, 0.15) is 17.0 Å². The van der Waals surface area contributed by atoms with E-state index in [0.29, 0.717) is 27.8 Å². The molecule has 0 saturated heterocycles. The van der Waals surface area contributed by atoms with Gasteiger partial charge in [0.25, 0.3) is 0 Å². The Kier molecular flexibility index (Phi) is 5.78. The Morgan fingerprint density at radius 2 is 2.04 bits per heavy atom. The van der Waals surface area contributed by atoms with Crippen LogP contribution in [-0.2, 0) is 0 Å². The van der Waals surface area contributed by atoms with Crippen molar-refractivity contribution >= 4 is 23.6 Å². The number of hydrogen-bond donors (Lipinski definition) is 0. The molecular formula is C21H15ClN2O4. The number of carbonyl (C=O) groups is 1. The minimum Gasteiger partial charge on any atom is -0.493 e. The molecule has 0 unspecified atom stereocenters. The fourth-order valence-corrected chi connectivity index (χ4v) is 2.83. The standard InChI is InChI=1S/C21H15ClN2O4/c1-13-19(20(24-28-13)15-7-3-4-8-16(15)22)21(25)27-17-10-9-14(6-5-11-23)12-18(17)26-2/h3-10,12H,1-2H3/b6-5-. The van der Waals surface area contributed by atoms with E-state index in [2.05, 4.69) is 5.16 Å². The number of nitriles is 1. The molecular weight excluding hydrogens is 380 g/mol. The van der Waals surface area contributed by atoms with Gasteiger partial charge in [-0.25, -0.2) is 4.79 Å². The molecule has 3 aromatic rings. The molecule has 28 heavy (non-hydrogen) atoms. The van der Waals surface area contributed by atoms with Gasteiger partial charge in [-0.3, -0.25) is 0 Å². The van der Waals surface area contributed by atoms with Crippen LogP contribution < -0.4 is 9.47 Å². The fraction of sp³-hybridized carbons (Fsp3) is 0.0952. The number of hydrogen-bond acceptors (Lipinski definition) is 6. The number of aryl methyl sites for hydroxylation is 1. The van der Waals surface area contributed by atoms with Crippen LogP contribution in [0, 0.1) is 18.3 Å². The first-order valence-electron chi connectivity index (χ1n) is 8.22. The topological polar surface area (TPSA) is 85.4 Å². The van der Waals surface area contributed by atoms with Crippen LogP contribution >= 0.6 is 11.6 Å². The van der Waals surface area contributed by atoms with Crippen molar-refractivity contribution in [2.24, 2.45) is 0 Å². The summed E-state index contributed by atoms with van der Waals surface area (Å²) in [5.41, 5.74) is 1.79. The molecule has 0 aliphatic rings. The van der Waals surface area contributed by atoms with Gasteiger partial charge in [-0.2, -0.15) is 5.26 Å². The minimum absolute atomic E-state index is 0.184. The third-order valence-corrected chi connectivity index (χ3v) is 4.27. The van der Waals surface area contributed by atoms with Crippen molar-refractivity contribution in [1.82, 2.24) is 5.16 Å². The van der Waals surface area contributed by atoms with Gasteiger partial charge in [-0.15, -0.1) is 0 Å². The molecule has 0 fully saturated rings. The summed E-state index contributed by atoms with van der Waals surface area (Å²) in [5.74, 6) is 0.244. The van der Waals surface area contributed by atoms with Gasteiger partial charge in [0.05, 0.1) is 18.2 Å². The smallest absolute Gasteiger partial charge is 0.349 e. The SMILES string of the molecule is COc1cc(/C=C\C#N)ccc1OC(=O)c1c(-c2ccccc2Cl)noc1C. The molecule has 1 aromatic heterocycles. The second-order valence-electron chi connectivity index (χ2n) is 5.70. The Hall–Kier alpha value is -3.56. The van der Waals surface area contributed by atoms with Gasteiger partial charge in [0, 0.05) is 11.6 Å². The van der Waals surface area contributed by atoms with E-state index in [1.807, 2.05) is 6.07 Å². The van der Waals surface area contributed by atoms with Crippen molar-refractivity contribution in [2.45, 2.75) is 6.92 Å². The average molecular weight is 395 g/mol. The molecule has 0 aliphatic heterocycles. The van der Waals surface area contributed by atoms with E-state index in [0.717, 1.165) is 5.56 Å². The normalized spacial score (nSPS) is 10.6. The Bertz CT molecular complexity index is 1100. The van der Waals surface area contributed by atoms with E-state index < -0.39 is 5.97 Å². The number of carbonyl (C=O) groups excluding carboxylic acids is 1. The molecule has 0 atom stereocenters. The maximum absolute atomic E-state index is 12.8. The average Bonchev–Trinajstić information content (AvgIpc) is 3.08. The molecule has 140 valence electrons. The number of ether oxygens (including phenoxy) is 2. The summed E-state index contributed by atoms with van der Waals surface area (Å²) < 4.78 is 16.0. The monoisotopic (exact) mass is 394 g/mol. The molecule has 0 bridgehead atoms. The van der Waals surface area contributed by atoms with Gasteiger partial charge in [-0.05, 0) is 36.8 Å². The molecule has 1 heterocycles. The minimum atomic E-state index is -0.646. The van der Waals surface area contributed by atoms with E-state index >= 15 is 0 Å². The van der Waals surface area contributed by atoms with Crippen LogP contribution in [0.25, 0.3) is 17.3 Å². The van der Waals surface area contributed by atoms with E-state index in [1.165, 1.54) is 13.2 Å². The zero-order chi connectivity index (χ0) is 20.1. The molecule has 0 aliphatic carbocycles. The Labute approximate surface area is 166 Å². The quantitative estimate of drug-likeness (QED) is 0.341. The maximum Gasteiger partial charge on any atom is 0.349 e. The highest BCUT2D eigenvalue weighted by Crippen LogP contribution is 2.34. The highest BCUT2D eigenvalue weighted by Gasteiger charge is 2.25. The molecule has 0 radical (unpaired) electrons. The number of methoxy groups -OCH3 is 1. The molecule has 3 rings (SSSR count). The molecule has 6 nitrogen and oxygen atoms in total. The predicted octanol–water partition coefficient (Wildman–Crippen LogP) is 5.07. The van der Waals surface area contributed by atoms with Crippen LogP contribution in [-0.4, -0.2) is 18.2 Å². The van der Waals surface area contributed by atoms with Gasteiger partial charge in [0.2, 0.25) is 0 Å². The summed E-state index contributed by atoms with van der Waals surface area (Å²) in [6.45, 7) is 1.62. The van der Waals surface area contributed by atoms with Crippen molar-refractivity contribution in [3.05, 3.63) is 70.5 Å². The zero-order valence-corrected chi connectivity index (χ0v) is 15.9. The van der Waals surface area contributed by atoms with E-state index in [9.17, 15) is 4.79 Å². The maximum atomic E-state index is 12.8. The Morgan fingerprint density at radius 3 is 2.75 bits per heavy atom. The molecule has 2 aromatic carbocycles. The van der Waals surface area contributed by atoms with Crippen LogP contribution in [0.3, 0.4) is 0 Å². The summed E-state index contributed by atoms with van der Waals surface area (Å²) in [4.78, 5) is 12.8. The third kappa shape index (κ3) is 3.90. The molecule has 0 spiro atoms. The van der Waals surface area contributed by atoms with E-state index in [-0.39, 0.29) is 11.3 Å². The lowest BCUT2D eigenvalue weighted by Gasteiger charge is -2.10. The largest absolute Gasteiger partial charge is 0.493 e. The van der Waals surface area contributed by atoms with Gasteiger partial charge >= 0.3 is 5.97 Å². The lowest BCUT2D eigenvalue weighted by molar-refractivity contribution is 0.0728. The molecule has 0 saturated carbocycles. The number of nitrogens with zero attached hydrogens (tertiary/aromatic N) is 2. The van der Waals surface area contributed by atoms with Crippen molar-refractivity contribution in [3.63, 3.8) is 0 Å². The summed E-state index contributed by atoms with van der Waals surface area (Å²) >= 11 is 6.23. The zero-order valence-electron chi connectivity index (χ0n) is 15.1. The number of aromatic nitrogens is 1. The van der Waals surface area contributed by atoms with Gasteiger partial charge in [-0.1, -0.05) is 41.0 Å². The Morgan fingerprint density at radius 1 is 1.25 bits per heavy atom. The first-order valence-corrected chi connectivity index (χ1v) is 8.60. The number of halogens is 1. The van der Waals surface area contributed by atoms with Crippen LogP contribution in [0.4, 0.5) is 0 Å². The van der Waals surface area contributed by atoms with Crippen molar-refractivity contribution in [3.8, 4) is 28.8 Å². The van der Waals surface area contributed by atoms with Crippen LogP contribution in [0.1, 0.15) is 21.7 Å². The summed E-state index contributed by atoms with van der Waals surface area (Å²) in [5, 5.41) is 13.0. The summed E-state index contributed by atoms with van der Waals surface area (Å²) in [7, 11) is 1.46.